The summed E-state index contributed by atoms with van der Waals surface area (Å²) >= 11 is 0. The summed E-state index contributed by atoms with van der Waals surface area (Å²) in [4.78, 5) is 23.6. The van der Waals surface area contributed by atoms with E-state index in [1.54, 1.807) is 0 Å². The van der Waals surface area contributed by atoms with Gasteiger partial charge in [-0.3, -0.25) is 4.79 Å². The number of amides is 1. The van der Waals surface area contributed by atoms with Crippen LogP contribution in [-0.4, -0.2) is 26.8 Å². The molecule has 0 radical (unpaired) electrons. The summed E-state index contributed by atoms with van der Waals surface area (Å²) in [6.07, 6.45) is 1.43. The lowest BCUT2D eigenvalue weighted by atomic mass is 10.0. The minimum Gasteiger partial charge on any atom is -0.480 e. The highest BCUT2D eigenvalue weighted by Gasteiger charge is 2.22. The molecule has 2 N–H and O–H groups in total. The van der Waals surface area contributed by atoms with Crippen LogP contribution in [0.2, 0.25) is 0 Å². The first kappa shape index (κ1) is 16.7. The molecule has 1 aromatic carbocycles. The van der Waals surface area contributed by atoms with E-state index in [2.05, 4.69) is 16.5 Å². The highest BCUT2D eigenvalue weighted by atomic mass is 16.4. The predicted molar refractivity (Wildman–Crippen MR) is 86.4 cm³/mol. The van der Waals surface area contributed by atoms with Crippen LogP contribution in [0.3, 0.4) is 0 Å². The first-order valence-electron chi connectivity index (χ1n) is 7.45. The topological polar surface area (TPSA) is 84.2 Å². The molecule has 23 heavy (non-hydrogen) atoms. The van der Waals surface area contributed by atoms with Gasteiger partial charge in [-0.2, -0.15) is 5.10 Å². The molecule has 0 bridgehead atoms. The SMILES string of the molecule is Cc1ccc(C(C)NC(=O)c2ccnn2C(C)C(=O)O)c(C)c1. The summed E-state index contributed by atoms with van der Waals surface area (Å²) in [7, 11) is 0. The van der Waals surface area contributed by atoms with E-state index in [-0.39, 0.29) is 17.6 Å². The van der Waals surface area contributed by atoms with Gasteiger partial charge in [-0.05, 0) is 44.9 Å². The van der Waals surface area contributed by atoms with Crippen molar-refractivity contribution >= 4 is 11.9 Å². The lowest BCUT2D eigenvalue weighted by Crippen LogP contribution is -2.31. The first-order chi connectivity index (χ1) is 10.8. The molecule has 0 aliphatic carbocycles. The molecule has 0 spiro atoms. The minimum absolute atomic E-state index is 0.188. The standard InChI is InChI=1S/C17H21N3O3/c1-10-5-6-14(11(2)9-10)12(3)19-16(21)15-7-8-18-20(15)13(4)17(22)23/h5-9,12-13H,1-4H3,(H,19,21)(H,22,23). The maximum Gasteiger partial charge on any atom is 0.328 e. The van der Waals surface area contributed by atoms with Gasteiger partial charge in [0.05, 0.1) is 6.04 Å². The number of benzene rings is 1. The van der Waals surface area contributed by atoms with Crippen LogP contribution in [0.4, 0.5) is 0 Å². The van der Waals surface area contributed by atoms with Crippen LogP contribution in [0.15, 0.2) is 30.5 Å². The first-order valence-corrected chi connectivity index (χ1v) is 7.45. The van der Waals surface area contributed by atoms with E-state index in [0.29, 0.717) is 0 Å². The van der Waals surface area contributed by atoms with Gasteiger partial charge >= 0.3 is 5.97 Å². The molecule has 1 aromatic heterocycles. The number of hydrogen-bond donors (Lipinski definition) is 2. The normalized spacial score (nSPS) is 13.4. The molecule has 0 saturated carbocycles. The number of aromatic nitrogens is 2. The molecule has 6 nitrogen and oxygen atoms in total. The van der Waals surface area contributed by atoms with Crippen molar-refractivity contribution in [3.63, 3.8) is 0 Å². The molecule has 2 rings (SSSR count). The smallest absolute Gasteiger partial charge is 0.328 e. The van der Waals surface area contributed by atoms with Gasteiger partial charge < -0.3 is 10.4 Å². The Labute approximate surface area is 135 Å². The summed E-state index contributed by atoms with van der Waals surface area (Å²) in [5.74, 6) is -1.38. The Hall–Kier alpha value is -2.63. The number of aryl methyl sites for hydroxylation is 2. The van der Waals surface area contributed by atoms with Gasteiger partial charge in [-0.25, -0.2) is 9.48 Å². The molecule has 0 saturated heterocycles. The van der Waals surface area contributed by atoms with Gasteiger partial charge in [0.1, 0.15) is 11.7 Å². The maximum atomic E-state index is 12.5. The fraction of sp³-hybridized carbons (Fsp3) is 0.353. The number of carbonyl (C=O) groups is 2. The number of carboxylic acid groups (broad SMARTS) is 1. The molecule has 2 atom stereocenters. The van der Waals surface area contributed by atoms with Crippen LogP contribution in [0, 0.1) is 13.8 Å². The largest absolute Gasteiger partial charge is 0.480 e. The molecule has 0 fully saturated rings. The van der Waals surface area contributed by atoms with Crippen molar-refractivity contribution < 1.29 is 14.7 Å². The third-order valence-electron chi connectivity index (χ3n) is 3.87. The Bertz CT molecular complexity index is 736. The van der Waals surface area contributed by atoms with E-state index in [1.807, 2.05) is 32.9 Å². The number of carboxylic acids is 1. The number of rotatable bonds is 5. The Morgan fingerprint density at radius 1 is 1.22 bits per heavy atom. The van der Waals surface area contributed by atoms with Crippen LogP contribution in [0.1, 0.15) is 53.1 Å². The highest BCUT2D eigenvalue weighted by Crippen LogP contribution is 2.19. The van der Waals surface area contributed by atoms with Crippen LogP contribution in [-0.2, 0) is 4.79 Å². The second kappa shape index (κ2) is 6.64. The van der Waals surface area contributed by atoms with E-state index in [0.717, 1.165) is 16.7 Å². The lowest BCUT2D eigenvalue weighted by Gasteiger charge is -2.18. The van der Waals surface area contributed by atoms with E-state index >= 15 is 0 Å². The fourth-order valence-corrected chi connectivity index (χ4v) is 2.57. The van der Waals surface area contributed by atoms with Crippen molar-refractivity contribution in [3.05, 3.63) is 52.8 Å². The molecule has 2 unspecified atom stereocenters. The zero-order valence-electron chi connectivity index (χ0n) is 13.7. The van der Waals surface area contributed by atoms with Crippen LogP contribution < -0.4 is 5.32 Å². The van der Waals surface area contributed by atoms with Crippen LogP contribution in [0.25, 0.3) is 0 Å². The molecular weight excluding hydrogens is 294 g/mol. The van der Waals surface area contributed by atoms with Crippen LogP contribution in [0.5, 0.6) is 0 Å². The number of carbonyl (C=O) groups excluding carboxylic acids is 1. The number of nitrogens with one attached hydrogen (secondary N) is 1. The third kappa shape index (κ3) is 3.59. The highest BCUT2D eigenvalue weighted by molar-refractivity contribution is 5.93. The molecule has 2 aromatic rings. The number of hydrogen-bond acceptors (Lipinski definition) is 3. The van der Waals surface area contributed by atoms with Crippen molar-refractivity contribution in [2.45, 2.75) is 39.8 Å². The summed E-state index contributed by atoms with van der Waals surface area (Å²) in [6, 6.07) is 6.49. The second-order valence-corrected chi connectivity index (χ2v) is 5.73. The summed E-state index contributed by atoms with van der Waals surface area (Å²) < 4.78 is 1.21. The molecule has 0 aliphatic heterocycles. The van der Waals surface area contributed by atoms with Gasteiger partial charge in [0.2, 0.25) is 0 Å². The van der Waals surface area contributed by atoms with E-state index in [4.69, 9.17) is 5.11 Å². The zero-order chi connectivity index (χ0) is 17.1. The van der Waals surface area contributed by atoms with Gasteiger partial charge in [-0.15, -0.1) is 0 Å². The van der Waals surface area contributed by atoms with E-state index < -0.39 is 12.0 Å². The molecular formula is C17H21N3O3. The molecule has 0 aliphatic rings. The zero-order valence-corrected chi connectivity index (χ0v) is 13.7. The quantitative estimate of drug-likeness (QED) is 0.888. The summed E-state index contributed by atoms with van der Waals surface area (Å²) in [6.45, 7) is 7.41. The second-order valence-electron chi connectivity index (χ2n) is 5.73. The van der Waals surface area contributed by atoms with Gasteiger partial charge in [-0.1, -0.05) is 23.8 Å². The minimum atomic E-state index is -1.04. The molecule has 1 amide bonds. The Balaban J connectivity index is 2.19. The van der Waals surface area contributed by atoms with Crippen molar-refractivity contribution in [2.75, 3.05) is 0 Å². The van der Waals surface area contributed by atoms with Gasteiger partial charge in [0, 0.05) is 6.20 Å². The van der Waals surface area contributed by atoms with Crippen molar-refractivity contribution in [1.29, 1.82) is 0 Å². The molecule has 1 heterocycles. The average molecular weight is 315 g/mol. The Kier molecular flexibility index (Phi) is 4.83. The van der Waals surface area contributed by atoms with Gasteiger partial charge in [0.15, 0.2) is 0 Å². The lowest BCUT2D eigenvalue weighted by molar-refractivity contribution is -0.140. The fourth-order valence-electron chi connectivity index (χ4n) is 2.57. The van der Waals surface area contributed by atoms with E-state index in [9.17, 15) is 9.59 Å². The van der Waals surface area contributed by atoms with Crippen molar-refractivity contribution in [1.82, 2.24) is 15.1 Å². The predicted octanol–water partition coefficient (Wildman–Crippen LogP) is 2.64. The summed E-state index contributed by atoms with van der Waals surface area (Å²) in [5, 5.41) is 15.9. The van der Waals surface area contributed by atoms with Crippen LogP contribution >= 0.6 is 0 Å². The average Bonchev–Trinajstić information content (AvgIpc) is 2.95. The monoisotopic (exact) mass is 315 g/mol. The maximum absolute atomic E-state index is 12.5. The third-order valence-corrected chi connectivity index (χ3v) is 3.87. The molecule has 6 heteroatoms. The summed E-state index contributed by atoms with van der Waals surface area (Å²) in [5.41, 5.74) is 3.53. The van der Waals surface area contributed by atoms with Crippen molar-refractivity contribution in [2.24, 2.45) is 0 Å². The van der Waals surface area contributed by atoms with Crippen molar-refractivity contribution in [3.8, 4) is 0 Å². The number of aliphatic carboxylic acids is 1. The Morgan fingerprint density at radius 3 is 2.52 bits per heavy atom. The molecule has 122 valence electrons. The number of nitrogens with zero attached hydrogens (tertiary/aromatic N) is 2. The van der Waals surface area contributed by atoms with Gasteiger partial charge in [0.25, 0.3) is 5.91 Å². The Morgan fingerprint density at radius 2 is 1.91 bits per heavy atom. The van der Waals surface area contributed by atoms with E-state index in [1.165, 1.54) is 23.9 Å².